The van der Waals surface area contributed by atoms with E-state index in [4.69, 9.17) is 11.6 Å². The molecule has 3 rings (SSSR count). The molecule has 2 aromatic carbocycles. The number of Topliss-reactive ketones (excluding diaryl/α,β-unsaturated/α-hetero) is 1. The van der Waals surface area contributed by atoms with E-state index in [0.717, 1.165) is 5.56 Å². The van der Waals surface area contributed by atoms with E-state index in [9.17, 15) is 14.4 Å². The summed E-state index contributed by atoms with van der Waals surface area (Å²) in [7, 11) is 0. The van der Waals surface area contributed by atoms with Crippen molar-refractivity contribution in [2.45, 2.75) is 20.8 Å². The van der Waals surface area contributed by atoms with Gasteiger partial charge in [0.2, 0.25) is 0 Å². The third-order valence-electron chi connectivity index (χ3n) is 4.24. The van der Waals surface area contributed by atoms with Crippen molar-refractivity contribution in [3.8, 4) is 0 Å². The van der Waals surface area contributed by atoms with Crippen molar-refractivity contribution in [2.75, 3.05) is 5.32 Å². The molecule has 0 radical (unpaired) electrons. The van der Waals surface area contributed by atoms with Crippen molar-refractivity contribution in [1.29, 1.82) is 0 Å². The summed E-state index contributed by atoms with van der Waals surface area (Å²) < 4.78 is 0.979. The van der Waals surface area contributed by atoms with Gasteiger partial charge in [0.05, 0.1) is 19.8 Å². The summed E-state index contributed by atoms with van der Waals surface area (Å²) in [6.45, 7) is 5.48. The van der Waals surface area contributed by atoms with Crippen LogP contribution in [0.2, 0.25) is 5.02 Å². The Hall–Kier alpha value is -2.96. The molecule has 0 spiro atoms. The lowest BCUT2D eigenvalue weighted by atomic mass is 9.91. The second-order valence-corrected chi connectivity index (χ2v) is 9.24. The lowest BCUT2D eigenvalue weighted by Gasteiger charge is -2.12. The molecule has 1 heterocycles. The van der Waals surface area contributed by atoms with Gasteiger partial charge in [-0.2, -0.15) is 0 Å². The molecule has 0 aliphatic heterocycles. The summed E-state index contributed by atoms with van der Waals surface area (Å²) in [5.41, 5.74) is 0.925. The number of anilines is 1. The van der Waals surface area contributed by atoms with E-state index in [0.29, 0.717) is 25.5 Å². The number of rotatable bonds is 4. The first-order chi connectivity index (χ1) is 14.1. The molecule has 0 atom stereocenters. The molecule has 154 valence electrons. The minimum absolute atomic E-state index is 0.0594. The summed E-state index contributed by atoms with van der Waals surface area (Å²) >= 11 is 7.29. The Morgan fingerprint density at radius 2 is 1.83 bits per heavy atom. The molecule has 7 heteroatoms. The number of halogens is 1. The quantitative estimate of drug-likeness (QED) is 0.651. The van der Waals surface area contributed by atoms with Crippen LogP contribution in [0.5, 0.6) is 0 Å². The van der Waals surface area contributed by atoms with Crippen LogP contribution in [-0.2, 0) is 4.79 Å². The number of ketones is 1. The van der Waals surface area contributed by atoms with E-state index in [-0.39, 0.29) is 17.2 Å². The number of thiazole rings is 1. The molecule has 0 aliphatic carbocycles. The SMILES string of the molecule is CC(C)(C)C(=O)C=c1[nH]c(=O)c(=Cc2cccc(NC(=O)c3ccccc3Cl)c2)s1. The van der Waals surface area contributed by atoms with Crippen molar-refractivity contribution < 1.29 is 9.59 Å². The number of carbonyl (C=O) groups is 2. The number of aromatic nitrogens is 1. The van der Waals surface area contributed by atoms with Crippen LogP contribution in [0.4, 0.5) is 5.69 Å². The van der Waals surface area contributed by atoms with Crippen LogP contribution in [-0.4, -0.2) is 16.7 Å². The summed E-state index contributed by atoms with van der Waals surface area (Å²) in [6.07, 6.45) is 3.18. The third kappa shape index (κ3) is 5.34. The van der Waals surface area contributed by atoms with Crippen molar-refractivity contribution >= 4 is 52.5 Å². The molecule has 2 N–H and O–H groups in total. The molecule has 1 aromatic heterocycles. The van der Waals surface area contributed by atoms with Gasteiger partial charge < -0.3 is 10.3 Å². The van der Waals surface area contributed by atoms with Crippen molar-refractivity contribution in [3.63, 3.8) is 0 Å². The number of aromatic amines is 1. The molecule has 1 amide bonds. The summed E-state index contributed by atoms with van der Waals surface area (Å²) in [4.78, 5) is 39.6. The maximum atomic E-state index is 12.5. The average molecular weight is 441 g/mol. The topological polar surface area (TPSA) is 79.0 Å². The molecular formula is C23H21ClN2O3S. The lowest BCUT2D eigenvalue weighted by Crippen LogP contribution is -2.22. The highest BCUT2D eigenvalue weighted by molar-refractivity contribution is 7.07. The highest BCUT2D eigenvalue weighted by atomic mass is 35.5. The molecule has 0 fully saturated rings. The van der Waals surface area contributed by atoms with Crippen LogP contribution in [0.25, 0.3) is 12.2 Å². The fourth-order valence-electron chi connectivity index (χ4n) is 2.56. The average Bonchev–Trinajstić information content (AvgIpc) is 3.00. The van der Waals surface area contributed by atoms with Gasteiger partial charge in [0.1, 0.15) is 0 Å². The number of benzene rings is 2. The van der Waals surface area contributed by atoms with E-state index >= 15 is 0 Å². The Morgan fingerprint density at radius 3 is 2.53 bits per heavy atom. The maximum absolute atomic E-state index is 12.5. The van der Waals surface area contributed by atoms with Gasteiger partial charge >= 0.3 is 0 Å². The number of carbonyl (C=O) groups excluding carboxylic acids is 2. The first-order valence-electron chi connectivity index (χ1n) is 9.26. The first-order valence-corrected chi connectivity index (χ1v) is 10.5. The van der Waals surface area contributed by atoms with E-state index in [1.54, 1.807) is 48.5 Å². The van der Waals surface area contributed by atoms with Gasteiger partial charge in [-0.25, -0.2) is 0 Å². The number of H-pyrrole nitrogens is 1. The Balaban J connectivity index is 1.89. The molecule has 0 aliphatic rings. The van der Waals surface area contributed by atoms with Crippen LogP contribution < -0.4 is 20.1 Å². The molecule has 5 nitrogen and oxygen atoms in total. The Labute approximate surface area is 182 Å². The number of hydrogen-bond donors (Lipinski definition) is 2. The number of amides is 1. The van der Waals surface area contributed by atoms with Crippen molar-refractivity contribution in [2.24, 2.45) is 5.41 Å². The fourth-order valence-corrected chi connectivity index (χ4v) is 3.67. The zero-order valence-corrected chi connectivity index (χ0v) is 18.4. The molecule has 0 saturated carbocycles. The molecular weight excluding hydrogens is 420 g/mol. The third-order valence-corrected chi connectivity index (χ3v) is 5.54. The van der Waals surface area contributed by atoms with E-state index in [1.807, 2.05) is 26.8 Å². The molecule has 3 aromatic rings. The van der Waals surface area contributed by atoms with Crippen LogP contribution in [0, 0.1) is 5.41 Å². The van der Waals surface area contributed by atoms with E-state index in [1.165, 1.54) is 17.4 Å². The molecule has 0 saturated heterocycles. The van der Waals surface area contributed by atoms with Gasteiger partial charge in [-0.15, -0.1) is 11.3 Å². The first kappa shape index (κ1) is 21.7. The fraction of sp³-hybridized carbons (Fsp3) is 0.174. The zero-order valence-electron chi connectivity index (χ0n) is 16.8. The second kappa shape index (κ2) is 8.81. The van der Waals surface area contributed by atoms with E-state index in [2.05, 4.69) is 10.3 Å². The highest BCUT2D eigenvalue weighted by Crippen LogP contribution is 2.18. The predicted octanol–water partition coefficient (Wildman–Crippen LogP) is 3.57. The van der Waals surface area contributed by atoms with Gasteiger partial charge in [0.25, 0.3) is 11.5 Å². The summed E-state index contributed by atoms with van der Waals surface area (Å²) in [5.74, 6) is -0.375. The van der Waals surface area contributed by atoms with E-state index < -0.39 is 5.41 Å². The van der Waals surface area contributed by atoms with Gasteiger partial charge in [0, 0.05) is 17.2 Å². The maximum Gasteiger partial charge on any atom is 0.266 e. The Kier molecular flexibility index (Phi) is 6.39. The molecule has 0 unspecified atom stereocenters. The summed E-state index contributed by atoms with van der Waals surface area (Å²) in [6, 6.07) is 13.9. The highest BCUT2D eigenvalue weighted by Gasteiger charge is 2.18. The zero-order chi connectivity index (χ0) is 21.9. The van der Waals surface area contributed by atoms with Crippen LogP contribution in [0.1, 0.15) is 36.7 Å². The van der Waals surface area contributed by atoms with Gasteiger partial charge in [-0.3, -0.25) is 14.4 Å². The Bertz CT molecular complexity index is 1280. The van der Waals surface area contributed by atoms with Gasteiger partial charge in [0.15, 0.2) is 5.78 Å². The van der Waals surface area contributed by atoms with Gasteiger partial charge in [-0.1, -0.05) is 56.6 Å². The Morgan fingerprint density at radius 1 is 1.10 bits per heavy atom. The lowest BCUT2D eigenvalue weighted by molar-refractivity contribution is -0.119. The van der Waals surface area contributed by atoms with Crippen molar-refractivity contribution in [3.05, 3.63) is 84.2 Å². The largest absolute Gasteiger partial charge is 0.322 e. The van der Waals surface area contributed by atoms with Crippen LogP contribution in [0.15, 0.2) is 53.3 Å². The minimum atomic E-state index is -0.515. The predicted molar refractivity (Wildman–Crippen MR) is 123 cm³/mol. The molecule has 0 bridgehead atoms. The van der Waals surface area contributed by atoms with Gasteiger partial charge in [-0.05, 0) is 35.9 Å². The molecule has 30 heavy (non-hydrogen) atoms. The number of nitrogens with one attached hydrogen (secondary N) is 2. The number of hydrogen-bond acceptors (Lipinski definition) is 4. The monoisotopic (exact) mass is 440 g/mol. The minimum Gasteiger partial charge on any atom is -0.322 e. The van der Waals surface area contributed by atoms with Crippen LogP contribution >= 0.6 is 22.9 Å². The normalized spacial score (nSPS) is 12.8. The second-order valence-electron chi connectivity index (χ2n) is 7.75. The smallest absolute Gasteiger partial charge is 0.266 e. The van der Waals surface area contributed by atoms with Crippen LogP contribution in [0.3, 0.4) is 0 Å². The van der Waals surface area contributed by atoms with Crippen molar-refractivity contribution in [1.82, 2.24) is 4.98 Å². The summed E-state index contributed by atoms with van der Waals surface area (Å²) in [5, 5.41) is 3.18. The standard InChI is InChI=1S/C23H21ClN2O3S/c1-23(2,3)19(27)13-20-26-22(29)18(30-20)12-14-7-6-8-15(11-14)25-21(28)16-9-4-5-10-17(16)24/h4-13H,1-3H3,(H,25,28)(H,26,29).